The summed E-state index contributed by atoms with van der Waals surface area (Å²) in [6.07, 6.45) is -0.844. The lowest BCUT2D eigenvalue weighted by Gasteiger charge is -2.62. The zero-order valence-electron chi connectivity index (χ0n) is 21.3. The van der Waals surface area contributed by atoms with E-state index < -0.39 is 64.0 Å². The van der Waals surface area contributed by atoms with Gasteiger partial charge < -0.3 is 14.6 Å². The van der Waals surface area contributed by atoms with Gasteiger partial charge in [0.25, 0.3) is 0 Å². The highest BCUT2D eigenvalue weighted by Gasteiger charge is 2.73. The first kappa shape index (κ1) is 27.8. The highest BCUT2D eigenvalue weighted by atomic mass is 35.5. The number of carbonyl (C=O) groups is 3. The van der Waals surface area contributed by atoms with Gasteiger partial charge in [-0.2, -0.15) is 0 Å². The molecule has 0 spiro atoms. The second-order valence-electron chi connectivity index (χ2n) is 11.5. The topological polar surface area (TPSA) is 89.9 Å². The molecule has 9 atom stereocenters. The van der Waals surface area contributed by atoms with E-state index in [1.54, 1.807) is 0 Å². The third kappa shape index (κ3) is 3.62. The van der Waals surface area contributed by atoms with Gasteiger partial charge >= 0.3 is 5.97 Å². The monoisotopic (exact) mass is 586 g/mol. The number of aliphatic hydroxyl groups excluding tert-OH is 1. The first-order valence-corrected chi connectivity index (χ1v) is 14.2. The predicted molar refractivity (Wildman–Crippen MR) is 141 cm³/mol. The number of thiophene rings is 1. The van der Waals surface area contributed by atoms with Crippen LogP contribution in [0.5, 0.6) is 5.75 Å². The van der Waals surface area contributed by atoms with Gasteiger partial charge in [0.1, 0.15) is 16.1 Å². The summed E-state index contributed by atoms with van der Waals surface area (Å²) in [5.41, 5.74) is -5.00. The Morgan fingerprint density at radius 2 is 1.95 bits per heavy atom. The summed E-state index contributed by atoms with van der Waals surface area (Å²) >= 11 is 11.2. The molecule has 4 aliphatic carbocycles. The maximum atomic E-state index is 17.6. The number of aliphatic hydroxyl groups is 1. The average molecular weight is 587 g/mol. The Bertz CT molecular complexity index is 1290. The number of halogens is 3. The van der Waals surface area contributed by atoms with Crippen LogP contribution in [-0.2, 0) is 14.3 Å². The number of ketones is 1. The number of esters is 1. The number of hydrogen-bond acceptors (Lipinski definition) is 7. The number of rotatable bonds is 4. The molecule has 0 aliphatic heterocycles. The molecule has 5 rings (SSSR count). The number of methoxy groups -OCH3 is 1. The molecule has 1 N–H and O–H groups in total. The van der Waals surface area contributed by atoms with Crippen LogP contribution in [0.4, 0.5) is 8.78 Å². The molecule has 0 aromatic carbocycles. The van der Waals surface area contributed by atoms with Crippen molar-refractivity contribution < 1.29 is 37.7 Å². The number of hydrogen-bond donors (Lipinski definition) is 2. The number of alkyl halides is 2. The Hall–Kier alpha value is -1.75. The van der Waals surface area contributed by atoms with Gasteiger partial charge in [0.05, 0.1) is 18.6 Å². The number of fused-ring (bicyclic) bond motifs is 5. The Kier molecular flexibility index (Phi) is 6.69. The molecule has 1 aromatic heterocycles. The predicted octanol–water partition coefficient (Wildman–Crippen LogP) is 5.53. The molecule has 4 aliphatic rings. The molecular formula is C27H29ClF2O6S2. The van der Waals surface area contributed by atoms with Crippen LogP contribution in [0.1, 0.15) is 50.4 Å². The lowest BCUT2D eigenvalue weighted by Crippen LogP contribution is -2.68. The molecule has 11 heteroatoms. The summed E-state index contributed by atoms with van der Waals surface area (Å²) in [6, 6.07) is 0. The zero-order chi connectivity index (χ0) is 27.9. The minimum Gasteiger partial charge on any atom is -0.493 e. The van der Waals surface area contributed by atoms with Crippen LogP contribution in [0.3, 0.4) is 0 Å². The molecule has 3 saturated carbocycles. The quantitative estimate of drug-likeness (QED) is 0.356. The van der Waals surface area contributed by atoms with E-state index in [0.717, 1.165) is 23.5 Å². The lowest BCUT2D eigenvalue weighted by atomic mass is 9.45. The van der Waals surface area contributed by atoms with Gasteiger partial charge in [0, 0.05) is 17.2 Å². The van der Waals surface area contributed by atoms with Gasteiger partial charge in [-0.05, 0) is 61.2 Å². The zero-order valence-corrected chi connectivity index (χ0v) is 23.8. The molecule has 0 radical (unpaired) electrons. The summed E-state index contributed by atoms with van der Waals surface area (Å²) in [6.45, 7) is 5.20. The normalized spacial score (nSPS) is 41.9. The molecule has 1 unspecified atom stereocenters. The van der Waals surface area contributed by atoms with Crippen LogP contribution < -0.4 is 4.74 Å². The fraction of sp³-hybridized carbons (Fsp3) is 0.593. The van der Waals surface area contributed by atoms with E-state index in [2.05, 4.69) is 12.6 Å². The van der Waals surface area contributed by atoms with Gasteiger partial charge in [0.15, 0.2) is 22.3 Å². The minimum atomic E-state index is -2.37. The molecule has 1 aromatic rings. The molecular weight excluding hydrogens is 558 g/mol. The van der Waals surface area contributed by atoms with Crippen molar-refractivity contribution in [3.8, 4) is 5.75 Å². The van der Waals surface area contributed by atoms with E-state index in [0.29, 0.717) is 6.42 Å². The van der Waals surface area contributed by atoms with Crippen LogP contribution >= 0.6 is 35.6 Å². The third-order valence-electron chi connectivity index (χ3n) is 9.64. The van der Waals surface area contributed by atoms with Crippen LogP contribution in [0.15, 0.2) is 28.9 Å². The first-order valence-electron chi connectivity index (χ1n) is 12.5. The van der Waals surface area contributed by atoms with Crippen molar-refractivity contribution in [1.29, 1.82) is 0 Å². The van der Waals surface area contributed by atoms with E-state index in [4.69, 9.17) is 21.1 Å². The highest BCUT2D eigenvalue weighted by molar-refractivity contribution is 7.96. The van der Waals surface area contributed by atoms with Crippen molar-refractivity contribution in [3.63, 3.8) is 0 Å². The number of carbonyl (C=O) groups excluding carboxylic acids is 3. The molecule has 0 bridgehead atoms. The van der Waals surface area contributed by atoms with Crippen molar-refractivity contribution in [1.82, 2.24) is 0 Å². The number of thiol groups is 1. The van der Waals surface area contributed by atoms with Crippen molar-refractivity contribution in [2.75, 3.05) is 7.11 Å². The van der Waals surface area contributed by atoms with Crippen LogP contribution in [0, 0.1) is 34.5 Å². The van der Waals surface area contributed by atoms with Crippen molar-refractivity contribution >= 4 is 52.4 Å². The van der Waals surface area contributed by atoms with E-state index in [1.807, 2.05) is 13.8 Å². The van der Waals surface area contributed by atoms with Crippen LogP contribution in [-0.4, -0.2) is 47.0 Å². The van der Waals surface area contributed by atoms with E-state index >= 15 is 8.78 Å². The van der Waals surface area contributed by atoms with E-state index in [9.17, 15) is 19.5 Å². The summed E-state index contributed by atoms with van der Waals surface area (Å²) in [5, 5.41) is 12.5. The Balaban J connectivity index is 1.57. The lowest BCUT2D eigenvalue weighted by molar-refractivity contribution is -0.201. The molecule has 6 nitrogen and oxygen atoms in total. The summed E-state index contributed by atoms with van der Waals surface area (Å²) < 4.78 is 44.1. The van der Waals surface area contributed by atoms with Gasteiger partial charge in [-0.3, -0.25) is 9.59 Å². The smallest absolute Gasteiger partial charge is 0.348 e. The first-order chi connectivity index (χ1) is 17.7. The molecule has 1 heterocycles. The molecule has 0 saturated heterocycles. The molecule has 3 fully saturated rings. The van der Waals surface area contributed by atoms with E-state index in [-0.39, 0.29) is 45.1 Å². The van der Waals surface area contributed by atoms with Gasteiger partial charge in [-0.1, -0.05) is 25.4 Å². The summed E-state index contributed by atoms with van der Waals surface area (Å²) in [7, 11) is 1.33. The standard InChI is InChI=1S/C27H29ClF2O6S2/c1-11-5-13-14-6-16(29)15-7-17(31)18(36-23(33)12-10-38-22(28)21(12)35-4)8-26(15,3)27(14,30)19(32)9-25(13,2)20(11)24(34)37/h7-8,10-11,13-14,16,19-20,32H,5-6,9H2,1-4H3,(H,34,37)/t11-,13+,14+,16?,19+,20+,25+,26+,27+/m1/s1. The average Bonchev–Trinajstić information content (AvgIpc) is 3.33. The molecule has 38 heavy (non-hydrogen) atoms. The van der Waals surface area contributed by atoms with E-state index in [1.165, 1.54) is 19.4 Å². The van der Waals surface area contributed by atoms with Crippen LogP contribution in [0.2, 0.25) is 4.34 Å². The second-order valence-corrected chi connectivity index (χ2v) is 13.4. The second kappa shape index (κ2) is 9.14. The van der Waals surface area contributed by atoms with Gasteiger partial charge in [-0.25, -0.2) is 13.6 Å². The fourth-order valence-corrected chi connectivity index (χ4v) is 9.64. The Labute approximate surface area is 233 Å². The third-order valence-corrected chi connectivity index (χ3v) is 11.1. The maximum absolute atomic E-state index is 17.6. The van der Waals surface area contributed by atoms with Crippen molar-refractivity contribution in [2.45, 2.75) is 58.0 Å². The minimum absolute atomic E-state index is 0.00754. The highest BCUT2D eigenvalue weighted by Crippen LogP contribution is 2.70. The largest absolute Gasteiger partial charge is 0.493 e. The SMILES string of the molecule is COc1c(C(=O)OC2=C[C@@]3(C)C(=CC2=O)C(F)C[C@H]2[C@@H]4C[C@@H](C)[C@@H](C(=O)S)[C@@]4(C)C[C@H](O)[C@@]23F)csc1Cl. The Morgan fingerprint density at radius 1 is 1.26 bits per heavy atom. The maximum Gasteiger partial charge on any atom is 0.348 e. The van der Waals surface area contributed by atoms with Crippen molar-refractivity contribution in [3.05, 3.63) is 38.8 Å². The van der Waals surface area contributed by atoms with Gasteiger partial charge in [-0.15, -0.1) is 24.0 Å². The van der Waals surface area contributed by atoms with Crippen LogP contribution in [0.25, 0.3) is 0 Å². The fourth-order valence-electron chi connectivity index (χ4n) is 8.05. The van der Waals surface area contributed by atoms with Crippen molar-refractivity contribution in [2.24, 2.45) is 34.5 Å². The Morgan fingerprint density at radius 3 is 2.58 bits per heavy atom. The number of ether oxygens (including phenoxy) is 2. The summed E-state index contributed by atoms with van der Waals surface area (Å²) in [4.78, 5) is 38.3. The van der Waals surface area contributed by atoms with Gasteiger partial charge in [0.2, 0.25) is 5.78 Å². The number of allylic oxidation sites excluding steroid dienone is 3. The molecule has 206 valence electrons. The molecule has 0 amide bonds. The summed E-state index contributed by atoms with van der Waals surface area (Å²) in [5.74, 6) is -4.02.